The third-order valence-electron chi connectivity index (χ3n) is 4.12. The van der Waals surface area contributed by atoms with E-state index >= 15 is 0 Å². The van der Waals surface area contributed by atoms with Crippen molar-refractivity contribution in [3.8, 4) is 0 Å². The Morgan fingerprint density at radius 1 is 0.250 bits per heavy atom. The molecule has 0 N–H and O–H groups in total. The molecule has 0 saturated heterocycles. The monoisotopic (exact) mass is 645 g/mol. The van der Waals surface area contributed by atoms with E-state index in [0.717, 1.165) is 0 Å². The molecule has 0 aromatic heterocycles. The molecule has 0 amide bonds. The molecule has 0 aromatic carbocycles. The van der Waals surface area contributed by atoms with Gasteiger partial charge in [-0.3, -0.25) is 0 Å². The van der Waals surface area contributed by atoms with E-state index in [9.17, 15) is 0 Å². The van der Waals surface area contributed by atoms with Gasteiger partial charge in [0.1, 0.15) is 0 Å². The molecular formula is C44H116. The Bertz CT molecular complexity index is 342. The third kappa shape index (κ3) is 360. The van der Waals surface area contributed by atoms with E-state index in [1.165, 1.54) is 38.5 Å². The van der Waals surface area contributed by atoms with Crippen molar-refractivity contribution in [2.45, 2.75) is 264 Å². The van der Waals surface area contributed by atoms with E-state index in [-0.39, 0.29) is 59.4 Å². The van der Waals surface area contributed by atoms with Gasteiger partial charge in [0, 0.05) is 0 Å². The van der Waals surface area contributed by atoms with Crippen LogP contribution in [0.5, 0.6) is 0 Å². The summed E-state index contributed by atoms with van der Waals surface area (Å²) in [5.74, 6) is 0. The average Bonchev–Trinajstić information content (AvgIpc) is 2.49. The molecule has 292 valence electrons. The largest absolute Gasteiger partial charge is 0.0776 e. The highest BCUT2D eigenvalue weighted by molar-refractivity contribution is 4.59. The average molecular weight is 645 g/mol. The summed E-state index contributed by atoms with van der Waals surface area (Å²) in [5.41, 5.74) is 3.18. The Morgan fingerprint density at radius 3 is 0.341 bits per heavy atom. The highest BCUT2D eigenvalue weighted by Crippen LogP contribution is 2.20. The predicted molar refractivity (Wildman–Crippen MR) is 232 cm³/mol. The normalized spacial score (nSPS) is 9.82. The number of rotatable bonds is 2. The van der Waals surface area contributed by atoms with Gasteiger partial charge in [-0.1, -0.05) is 251 Å². The molecule has 0 spiro atoms. The van der Waals surface area contributed by atoms with Crippen LogP contribution in [-0.2, 0) is 0 Å². The first kappa shape index (κ1) is 90.4. The molecule has 0 atom stereocenters. The second-order valence-corrected chi connectivity index (χ2v) is 18.4. The van der Waals surface area contributed by atoms with Crippen molar-refractivity contribution in [3.05, 3.63) is 0 Å². The molecule has 0 aliphatic rings. The second kappa shape index (κ2) is 43.0. The van der Waals surface area contributed by atoms with Crippen LogP contribution in [-0.4, -0.2) is 0 Å². The van der Waals surface area contributed by atoms with Crippen molar-refractivity contribution in [3.63, 3.8) is 0 Å². The van der Waals surface area contributed by atoms with Crippen LogP contribution >= 0.6 is 0 Å². The van der Waals surface area contributed by atoms with Crippen LogP contribution in [0.3, 0.4) is 0 Å². The Morgan fingerprint density at radius 2 is 0.341 bits per heavy atom. The lowest BCUT2D eigenvalue weighted by atomic mass is 9.91. The molecule has 0 aliphatic carbocycles. The lowest BCUT2D eigenvalue weighted by Crippen LogP contribution is -2.02. The van der Waals surface area contributed by atoms with Crippen molar-refractivity contribution >= 4 is 0 Å². The molecule has 0 rings (SSSR count). The van der Waals surface area contributed by atoms with Gasteiger partial charge in [0.15, 0.2) is 0 Å². The molecule has 0 aromatic rings. The van der Waals surface area contributed by atoms with Gasteiger partial charge in [-0.05, 0) is 45.3 Å². The molecule has 0 heteroatoms. The highest BCUT2D eigenvalue weighted by Gasteiger charge is 2.07. The molecule has 0 unspecified atom stereocenters. The summed E-state index contributed by atoms with van der Waals surface area (Å²) in [6.45, 7) is 53.5. The molecule has 0 aliphatic heterocycles. The standard InChI is InChI=1S/2C7H16.2C6H14.2C5H12.8CH4/c2*1-5-6-7(2,3)4;2*1-5-6(2,3)4;2*1-5(2,3)4;;;;;;;;/h2*5-6H2,1-4H3;2*5H2,1-4H3;2*1-4H3;8*1H4. The van der Waals surface area contributed by atoms with E-state index in [2.05, 4.69) is 166 Å². The zero-order valence-electron chi connectivity index (χ0n) is 31.2. The predicted octanol–water partition coefficient (Wildman–Crippen LogP) is 19.7. The Hall–Kier alpha value is 0. The van der Waals surface area contributed by atoms with Crippen molar-refractivity contribution < 1.29 is 0 Å². The van der Waals surface area contributed by atoms with Gasteiger partial charge < -0.3 is 0 Å². The molecule has 0 nitrogen and oxygen atoms in total. The van der Waals surface area contributed by atoms with Crippen LogP contribution < -0.4 is 0 Å². The number of hydrogen-bond donors (Lipinski definition) is 0. The van der Waals surface area contributed by atoms with E-state index < -0.39 is 0 Å². The first-order valence-electron chi connectivity index (χ1n) is 15.2. The molecule has 0 bridgehead atoms. The van der Waals surface area contributed by atoms with Crippen LogP contribution in [0.4, 0.5) is 0 Å². The smallest absolute Gasteiger partial charge is 0.0383 e. The fraction of sp³-hybridized carbons (Fsp3) is 1.00. The minimum absolute atomic E-state index is 0. The lowest BCUT2D eigenvalue weighted by Gasteiger charge is -2.15. The van der Waals surface area contributed by atoms with E-state index in [4.69, 9.17) is 0 Å². The highest BCUT2D eigenvalue weighted by atomic mass is 14.1. The zero-order chi connectivity index (χ0) is 31.2. The van der Waals surface area contributed by atoms with Crippen LogP contribution in [0.15, 0.2) is 0 Å². The summed E-state index contributed by atoms with van der Waals surface area (Å²) >= 11 is 0. The minimum atomic E-state index is 0. The zero-order valence-corrected chi connectivity index (χ0v) is 31.2. The Balaban J connectivity index is -0.0000000198. The summed E-state index contributed by atoms with van der Waals surface area (Å²) < 4.78 is 0. The fourth-order valence-electron chi connectivity index (χ4n) is 1.50. The van der Waals surface area contributed by atoms with E-state index in [1.54, 1.807) is 0 Å². The van der Waals surface area contributed by atoms with E-state index in [1.807, 2.05) is 0 Å². The van der Waals surface area contributed by atoms with Crippen LogP contribution in [0.1, 0.15) is 264 Å². The maximum absolute atomic E-state index is 2.27. The number of hydrogen-bond acceptors (Lipinski definition) is 0. The first-order valence-corrected chi connectivity index (χ1v) is 15.2. The third-order valence-corrected chi connectivity index (χ3v) is 4.12. The molecule has 44 heavy (non-hydrogen) atoms. The Kier molecular flexibility index (Phi) is 88.3. The van der Waals surface area contributed by atoms with Crippen molar-refractivity contribution in [1.29, 1.82) is 0 Å². The van der Waals surface area contributed by atoms with Crippen molar-refractivity contribution in [2.24, 2.45) is 32.5 Å². The molecule has 0 fully saturated rings. The quantitative estimate of drug-likeness (QED) is 0.280. The van der Waals surface area contributed by atoms with Gasteiger partial charge in [0.25, 0.3) is 0 Å². The lowest BCUT2D eigenvalue weighted by molar-refractivity contribution is 0.373. The summed E-state index contributed by atoms with van der Waals surface area (Å²) in [5, 5.41) is 0. The summed E-state index contributed by atoms with van der Waals surface area (Å²) in [6, 6.07) is 0. The van der Waals surface area contributed by atoms with Gasteiger partial charge in [-0.2, -0.15) is 0 Å². The van der Waals surface area contributed by atoms with Crippen LogP contribution in [0.25, 0.3) is 0 Å². The minimum Gasteiger partial charge on any atom is -0.0776 e. The van der Waals surface area contributed by atoms with Crippen molar-refractivity contribution in [1.82, 2.24) is 0 Å². The maximum Gasteiger partial charge on any atom is -0.0383 e. The van der Waals surface area contributed by atoms with Crippen LogP contribution in [0, 0.1) is 32.5 Å². The summed E-state index contributed by atoms with van der Waals surface area (Å²) in [4.78, 5) is 0. The SMILES string of the molecule is C.C.C.C.C.C.C.C.CC(C)(C)C.CC(C)(C)C.CCC(C)(C)C.CCC(C)(C)C.CCCC(C)(C)C.CCCC(C)(C)C. The van der Waals surface area contributed by atoms with Gasteiger partial charge in [0.2, 0.25) is 0 Å². The van der Waals surface area contributed by atoms with Gasteiger partial charge >= 0.3 is 0 Å². The van der Waals surface area contributed by atoms with Gasteiger partial charge in [-0.15, -0.1) is 0 Å². The van der Waals surface area contributed by atoms with Gasteiger partial charge in [-0.25, -0.2) is 0 Å². The molecule has 0 saturated carbocycles. The topological polar surface area (TPSA) is 0 Å². The fourth-order valence-corrected chi connectivity index (χ4v) is 1.50. The Labute approximate surface area is 296 Å². The summed E-state index contributed by atoms with van der Waals surface area (Å²) in [6.07, 6.45) is 7.84. The molecule has 0 heterocycles. The molecule has 0 radical (unpaired) electrons. The van der Waals surface area contributed by atoms with Crippen molar-refractivity contribution in [2.75, 3.05) is 0 Å². The molecular weight excluding hydrogens is 528 g/mol. The van der Waals surface area contributed by atoms with Crippen LogP contribution in [0.2, 0.25) is 0 Å². The van der Waals surface area contributed by atoms with E-state index in [0.29, 0.717) is 32.5 Å². The first-order chi connectivity index (χ1) is 15.2. The van der Waals surface area contributed by atoms with Gasteiger partial charge in [0.05, 0.1) is 0 Å². The maximum atomic E-state index is 2.27. The second-order valence-electron chi connectivity index (χ2n) is 18.4. The summed E-state index contributed by atoms with van der Waals surface area (Å²) in [7, 11) is 0.